The van der Waals surface area contributed by atoms with Crippen molar-refractivity contribution in [1.29, 1.82) is 5.26 Å². The Morgan fingerprint density at radius 2 is 2.13 bits per heavy atom. The van der Waals surface area contributed by atoms with Crippen molar-refractivity contribution in [1.82, 2.24) is 29.9 Å². The second-order valence-electron chi connectivity index (χ2n) is 9.27. The number of rotatable bonds is 11. The molecule has 2 aliphatic rings. The van der Waals surface area contributed by atoms with Crippen molar-refractivity contribution in [2.75, 3.05) is 18.3 Å². The number of pyridine rings is 1. The summed E-state index contributed by atoms with van der Waals surface area (Å²) in [6.07, 6.45) is 9.53. The van der Waals surface area contributed by atoms with Gasteiger partial charge in [0, 0.05) is 58.5 Å². The summed E-state index contributed by atoms with van der Waals surface area (Å²) in [5.41, 5.74) is 7.50. The number of hydrogen-bond donors (Lipinski definition) is 4. The number of aliphatic carboxylic acids is 1. The number of nitrogens with one attached hydrogen (secondary N) is 3. The van der Waals surface area contributed by atoms with Gasteiger partial charge < -0.3 is 30.8 Å². The molecule has 0 aromatic carbocycles. The number of nitriles is 1. The maximum atomic E-state index is 13.1. The summed E-state index contributed by atoms with van der Waals surface area (Å²) in [6, 6.07) is 4.32. The Morgan fingerprint density at radius 3 is 2.80 bits per heavy atom. The van der Waals surface area contributed by atoms with Gasteiger partial charge in [-0.05, 0) is 17.7 Å². The van der Waals surface area contributed by atoms with Crippen LogP contribution in [-0.2, 0) is 30.6 Å². The van der Waals surface area contributed by atoms with E-state index in [0.29, 0.717) is 11.3 Å². The van der Waals surface area contributed by atoms with E-state index in [0.717, 1.165) is 27.6 Å². The fraction of sp³-hybridized carbons (Fsp3) is 0.192. The van der Waals surface area contributed by atoms with Crippen LogP contribution >= 0.6 is 23.3 Å². The van der Waals surface area contributed by atoms with E-state index in [1.807, 2.05) is 17.4 Å². The summed E-state index contributed by atoms with van der Waals surface area (Å²) >= 11 is 2.02. The number of carboxylic acid groups (broad SMARTS) is 1. The van der Waals surface area contributed by atoms with Crippen LogP contribution in [0.25, 0.3) is 17.2 Å². The van der Waals surface area contributed by atoms with Crippen molar-refractivity contribution in [2.24, 2.45) is 5.16 Å². The molecule has 0 bridgehead atoms. The molecule has 0 saturated carbocycles. The SMILES string of the molecule is N#CNC(=O)/C=C/c1cc(-c2cc[n+](CC3=C(C(=O)[O-])N4C(=O)C(NC(=O)/C(=N/OCF)c5nsc(N)n5)C4SC3)cc2)c[nH]1. The van der Waals surface area contributed by atoms with Crippen molar-refractivity contribution >= 4 is 63.9 Å². The molecular formula is C26H21FN10O6S2. The number of nitrogens with two attached hydrogens (primary N) is 1. The number of aromatic nitrogens is 4. The smallest absolute Gasteiger partial charge is 0.278 e. The summed E-state index contributed by atoms with van der Waals surface area (Å²) in [5.74, 6) is -3.71. The number of nitrogen functional groups attached to an aromatic ring is 1. The predicted octanol–water partition coefficient (Wildman–Crippen LogP) is -1.23. The number of alkyl halides is 1. The molecule has 19 heteroatoms. The van der Waals surface area contributed by atoms with E-state index < -0.39 is 47.7 Å². The summed E-state index contributed by atoms with van der Waals surface area (Å²) in [5, 5.41) is 27.8. The van der Waals surface area contributed by atoms with Crippen molar-refractivity contribution in [3.63, 3.8) is 0 Å². The first-order chi connectivity index (χ1) is 21.7. The minimum absolute atomic E-state index is 0.0235. The molecule has 0 radical (unpaired) electrons. The van der Waals surface area contributed by atoms with Crippen LogP contribution in [-0.4, -0.2) is 72.7 Å². The number of fused-ring (bicyclic) bond motifs is 1. The maximum absolute atomic E-state index is 13.1. The summed E-state index contributed by atoms with van der Waals surface area (Å²) < 4.78 is 18.2. The Bertz CT molecular complexity index is 1800. The van der Waals surface area contributed by atoms with E-state index in [4.69, 9.17) is 11.0 Å². The molecule has 3 aromatic rings. The average molecular weight is 653 g/mol. The zero-order valence-electron chi connectivity index (χ0n) is 22.8. The molecule has 2 unspecified atom stereocenters. The van der Waals surface area contributed by atoms with Gasteiger partial charge in [0.25, 0.3) is 24.6 Å². The molecule has 1 saturated heterocycles. The lowest BCUT2D eigenvalue weighted by Gasteiger charge is -2.50. The van der Waals surface area contributed by atoms with Crippen LogP contribution in [0.15, 0.2) is 59.3 Å². The lowest BCUT2D eigenvalue weighted by atomic mass is 10.0. The van der Waals surface area contributed by atoms with Gasteiger partial charge in [-0.2, -0.15) is 14.6 Å². The van der Waals surface area contributed by atoms with Gasteiger partial charge in [0.05, 0.1) is 11.7 Å². The minimum atomic E-state index is -1.54. The molecule has 5 N–H and O–H groups in total. The third-order valence-electron chi connectivity index (χ3n) is 6.50. The Kier molecular flexibility index (Phi) is 9.15. The zero-order valence-corrected chi connectivity index (χ0v) is 24.4. The normalized spacial score (nSPS) is 17.8. The number of thioether (sulfide) groups is 1. The van der Waals surface area contributed by atoms with E-state index in [2.05, 4.69) is 29.7 Å². The molecule has 16 nitrogen and oxygen atoms in total. The average Bonchev–Trinajstić information content (AvgIpc) is 3.68. The molecule has 2 aliphatic heterocycles. The Morgan fingerprint density at radius 1 is 1.36 bits per heavy atom. The van der Waals surface area contributed by atoms with Crippen LogP contribution in [0.4, 0.5) is 9.52 Å². The molecule has 0 aliphatic carbocycles. The fourth-order valence-corrected chi connectivity index (χ4v) is 6.29. The molecule has 5 rings (SSSR count). The molecule has 5 heterocycles. The van der Waals surface area contributed by atoms with Crippen molar-refractivity contribution in [2.45, 2.75) is 18.0 Å². The maximum Gasteiger partial charge on any atom is 0.278 e. The van der Waals surface area contributed by atoms with E-state index in [9.17, 15) is 28.7 Å². The van der Waals surface area contributed by atoms with Gasteiger partial charge in [0.15, 0.2) is 30.3 Å². The van der Waals surface area contributed by atoms with Crippen molar-refractivity contribution in [3.05, 3.63) is 65.7 Å². The van der Waals surface area contributed by atoms with E-state index in [1.165, 1.54) is 23.9 Å². The minimum Gasteiger partial charge on any atom is -0.543 e. The van der Waals surface area contributed by atoms with Crippen LogP contribution in [0.1, 0.15) is 11.5 Å². The first-order valence-electron chi connectivity index (χ1n) is 12.8. The lowest BCUT2D eigenvalue weighted by Crippen LogP contribution is -2.71. The Balaban J connectivity index is 1.27. The van der Waals surface area contributed by atoms with E-state index in [1.54, 1.807) is 35.4 Å². The lowest BCUT2D eigenvalue weighted by molar-refractivity contribution is -0.689. The topological polar surface area (TPSA) is 235 Å². The largest absolute Gasteiger partial charge is 0.543 e. The van der Waals surface area contributed by atoms with E-state index >= 15 is 0 Å². The quantitative estimate of drug-likeness (QED) is 0.0364. The zero-order chi connectivity index (χ0) is 32.1. The highest BCUT2D eigenvalue weighted by molar-refractivity contribution is 8.00. The fourth-order valence-electron chi connectivity index (χ4n) is 4.52. The van der Waals surface area contributed by atoms with Crippen molar-refractivity contribution < 1.29 is 38.1 Å². The van der Waals surface area contributed by atoms with Crippen molar-refractivity contribution in [3.8, 4) is 17.3 Å². The van der Waals surface area contributed by atoms with Gasteiger partial charge in [0.2, 0.25) is 11.5 Å². The number of halogens is 1. The molecule has 2 atom stereocenters. The summed E-state index contributed by atoms with van der Waals surface area (Å²) in [4.78, 5) is 61.9. The second-order valence-corrected chi connectivity index (χ2v) is 11.2. The predicted molar refractivity (Wildman–Crippen MR) is 154 cm³/mol. The standard InChI is InChI=1S/C26H21FN10O6S2/c27-11-43-34-18(21-33-26(29)45-35-21)22(39)32-19-23(40)37-20(25(41)42)15(10-44-24(19)37)9-36-5-3-13(4-6-36)14-7-16(30-8-14)1-2-17(38)31-12-28/h1-8,19,24H,9-11H2,(H5,29,31,32,33,35,38,39,41,42)/b2-1+,34-18+. The van der Waals surface area contributed by atoms with Crippen LogP contribution in [0, 0.1) is 11.5 Å². The molecule has 230 valence electrons. The Labute approximate surface area is 261 Å². The number of β-lactam (4-membered cyclic amide) rings is 1. The number of carbonyl (C=O) groups is 4. The first kappa shape index (κ1) is 30.8. The third kappa shape index (κ3) is 6.66. The number of hydrogen-bond acceptors (Lipinski definition) is 13. The monoisotopic (exact) mass is 652 g/mol. The van der Waals surface area contributed by atoms with E-state index in [-0.39, 0.29) is 29.0 Å². The highest BCUT2D eigenvalue weighted by Gasteiger charge is 2.53. The summed E-state index contributed by atoms with van der Waals surface area (Å²) in [7, 11) is 0. The number of amides is 3. The van der Waals surface area contributed by atoms with Crippen LogP contribution in [0.5, 0.6) is 0 Å². The van der Waals surface area contributed by atoms with Gasteiger partial charge >= 0.3 is 0 Å². The van der Waals surface area contributed by atoms with Gasteiger partial charge in [-0.1, -0.05) is 5.16 Å². The number of carbonyl (C=O) groups excluding carboxylic acids is 4. The van der Waals surface area contributed by atoms with Crippen LogP contribution in [0.2, 0.25) is 0 Å². The summed E-state index contributed by atoms with van der Waals surface area (Å²) in [6.45, 7) is -1.18. The first-order valence-corrected chi connectivity index (χ1v) is 14.6. The molecule has 0 spiro atoms. The highest BCUT2D eigenvalue weighted by atomic mass is 32.2. The molecule has 3 amide bonds. The number of anilines is 1. The van der Waals surface area contributed by atoms with Crippen LogP contribution < -0.4 is 26.0 Å². The van der Waals surface area contributed by atoms with Gasteiger partial charge in [-0.25, -0.2) is 8.96 Å². The number of nitrogens with zero attached hydrogens (tertiary/aromatic N) is 6. The van der Waals surface area contributed by atoms with Gasteiger partial charge in [0.1, 0.15) is 11.4 Å². The second kappa shape index (κ2) is 13.4. The van der Waals surface area contributed by atoms with Gasteiger partial charge in [-0.3, -0.25) is 24.6 Å². The van der Waals surface area contributed by atoms with Crippen LogP contribution in [0.3, 0.4) is 0 Å². The molecule has 45 heavy (non-hydrogen) atoms. The van der Waals surface area contributed by atoms with Gasteiger partial charge in [-0.15, -0.1) is 11.8 Å². The highest BCUT2D eigenvalue weighted by Crippen LogP contribution is 2.40. The molecule has 3 aromatic heterocycles. The number of carboxylic acids is 1. The molecular weight excluding hydrogens is 631 g/mol. The number of oxime groups is 1. The number of H-pyrrole nitrogens is 1. The Hall–Kier alpha value is -5.61. The molecule has 1 fully saturated rings. The number of aromatic amines is 1. The third-order valence-corrected chi connectivity index (χ3v) is 8.38.